The maximum atomic E-state index is 11.0. The van der Waals surface area contributed by atoms with Crippen molar-refractivity contribution >= 4 is 21.9 Å². The molecular weight excluding hydrogens is 288 g/mol. The van der Waals surface area contributed by atoms with E-state index in [-0.39, 0.29) is 12.4 Å². The smallest absolute Gasteiger partial charge is 0.305 e. The largest absolute Gasteiger partial charge is 0.497 e. The number of esters is 1. The summed E-state index contributed by atoms with van der Waals surface area (Å²) in [6.45, 7) is 0. The Balaban J connectivity index is 2.73. The van der Waals surface area contributed by atoms with Crippen LogP contribution in [0.2, 0.25) is 0 Å². The Bertz CT molecular complexity index is 392. The van der Waals surface area contributed by atoms with Crippen molar-refractivity contribution in [2.75, 3.05) is 14.2 Å². The van der Waals surface area contributed by atoms with Gasteiger partial charge in [-0.25, -0.2) is 0 Å². The van der Waals surface area contributed by atoms with Gasteiger partial charge in [0.05, 0.1) is 20.3 Å². The van der Waals surface area contributed by atoms with Gasteiger partial charge in [-0.1, -0.05) is 15.9 Å². The number of ether oxygens (including phenoxy) is 2. The predicted octanol–water partition coefficient (Wildman–Crippen LogP) is 2.44. The summed E-state index contributed by atoms with van der Waals surface area (Å²) in [6.07, 6.45) is -0.224. The molecule has 0 aromatic heterocycles. The third kappa shape index (κ3) is 4.02. The summed E-state index contributed by atoms with van der Waals surface area (Å²) in [6, 6.07) is 5.34. The molecule has 0 spiro atoms. The van der Waals surface area contributed by atoms with Crippen LogP contribution in [0.3, 0.4) is 0 Å². The van der Waals surface area contributed by atoms with E-state index in [1.807, 2.05) is 0 Å². The Labute approximate surface area is 109 Å². The molecule has 1 rings (SSSR count). The summed E-state index contributed by atoms with van der Waals surface area (Å²) in [5, 5.41) is 9.97. The first-order valence-electron chi connectivity index (χ1n) is 5.16. The van der Waals surface area contributed by atoms with E-state index < -0.39 is 6.10 Å². The Morgan fingerprint density at radius 2 is 2.18 bits per heavy atom. The third-order valence-electron chi connectivity index (χ3n) is 2.41. The number of aliphatic hydroxyl groups is 1. The minimum atomic E-state index is -0.724. The topological polar surface area (TPSA) is 55.8 Å². The second-order valence-electron chi connectivity index (χ2n) is 3.52. The lowest BCUT2D eigenvalue weighted by Crippen LogP contribution is -2.05. The SMILES string of the molecule is COC(=O)CCC(O)c1cc(OC)ccc1Br. The monoisotopic (exact) mass is 302 g/mol. The molecule has 1 aromatic rings. The lowest BCUT2D eigenvalue weighted by Gasteiger charge is -2.13. The van der Waals surface area contributed by atoms with Crippen molar-refractivity contribution in [1.29, 1.82) is 0 Å². The summed E-state index contributed by atoms with van der Waals surface area (Å²) >= 11 is 3.35. The average molecular weight is 303 g/mol. The van der Waals surface area contributed by atoms with Gasteiger partial charge in [0.2, 0.25) is 0 Å². The fraction of sp³-hybridized carbons (Fsp3) is 0.417. The second kappa shape index (κ2) is 6.61. The number of hydrogen-bond acceptors (Lipinski definition) is 4. The van der Waals surface area contributed by atoms with Crippen molar-refractivity contribution < 1.29 is 19.4 Å². The molecule has 0 amide bonds. The van der Waals surface area contributed by atoms with Crippen LogP contribution in [-0.4, -0.2) is 25.3 Å². The van der Waals surface area contributed by atoms with Gasteiger partial charge in [0.1, 0.15) is 5.75 Å². The number of methoxy groups -OCH3 is 2. The molecule has 0 fully saturated rings. The summed E-state index contributed by atoms with van der Waals surface area (Å²) in [7, 11) is 2.89. The number of carbonyl (C=O) groups is 1. The van der Waals surface area contributed by atoms with E-state index >= 15 is 0 Å². The zero-order valence-electron chi connectivity index (χ0n) is 9.77. The fourth-order valence-corrected chi connectivity index (χ4v) is 1.93. The summed E-state index contributed by atoms with van der Waals surface area (Å²) in [5.74, 6) is 0.336. The molecule has 0 heterocycles. The molecule has 0 radical (unpaired) electrons. The van der Waals surface area contributed by atoms with E-state index in [4.69, 9.17) is 4.74 Å². The van der Waals surface area contributed by atoms with Gasteiger partial charge in [-0.2, -0.15) is 0 Å². The van der Waals surface area contributed by atoms with Crippen molar-refractivity contribution in [2.45, 2.75) is 18.9 Å². The second-order valence-corrected chi connectivity index (χ2v) is 4.37. The minimum absolute atomic E-state index is 0.182. The molecule has 0 saturated carbocycles. The highest BCUT2D eigenvalue weighted by Crippen LogP contribution is 2.30. The number of carbonyl (C=O) groups excluding carboxylic acids is 1. The Hall–Kier alpha value is -1.07. The van der Waals surface area contributed by atoms with Crippen LogP contribution in [-0.2, 0) is 9.53 Å². The van der Waals surface area contributed by atoms with E-state index in [2.05, 4.69) is 20.7 Å². The molecule has 5 heteroatoms. The standard InChI is InChI=1S/C12H15BrO4/c1-16-8-3-4-10(13)9(7-8)11(14)5-6-12(15)17-2/h3-4,7,11,14H,5-6H2,1-2H3. The van der Waals surface area contributed by atoms with Crippen LogP contribution < -0.4 is 4.74 Å². The van der Waals surface area contributed by atoms with Gasteiger partial charge < -0.3 is 14.6 Å². The van der Waals surface area contributed by atoms with Crippen LogP contribution in [0.15, 0.2) is 22.7 Å². The molecule has 17 heavy (non-hydrogen) atoms. The number of rotatable bonds is 5. The zero-order valence-corrected chi connectivity index (χ0v) is 11.4. The minimum Gasteiger partial charge on any atom is -0.497 e. The first-order chi connectivity index (χ1) is 8.08. The molecule has 0 aliphatic heterocycles. The van der Waals surface area contributed by atoms with Gasteiger partial charge in [-0.05, 0) is 30.2 Å². The van der Waals surface area contributed by atoms with Crippen LogP contribution in [0.5, 0.6) is 5.75 Å². The highest BCUT2D eigenvalue weighted by Gasteiger charge is 2.14. The number of benzene rings is 1. The van der Waals surface area contributed by atoms with Gasteiger partial charge in [0.15, 0.2) is 0 Å². The van der Waals surface area contributed by atoms with E-state index in [1.165, 1.54) is 7.11 Å². The third-order valence-corrected chi connectivity index (χ3v) is 3.13. The molecule has 1 unspecified atom stereocenters. The van der Waals surface area contributed by atoms with Crippen molar-refractivity contribution in [1.82, 2.24) is 0 Å². The lowest BCUT2D eigenvalue weighted by atomic mass is 10.0. The maximum absolute atomic E-state index is 11.0. The lowest BCUT2D eigenvalue weighted by molar-refractivity contribution is -0.141. The molecule has 1 N–H and O–H groups in total. The Kier molecular flexibility index (Phi) is 5.44. The Morgan fingerprint density at radius 1 is 1.47 bits per heavy atom. The van der Waals surface area contributed by atoms with Crippen LogP contribution >= 0.6 is 15.9 Å². The van der Waals surface area contributed by atoms with E-state index in [1.54, 1.807) is 25.3 Å². The van der Waals surface area contributed by atoms with Crippen molar-refractivity contribution in [3.05, 3.63) is 28.2 Å². The summed E-state index contributed by atoms with van der Waals surface area (Å²) in [5.41, 5.74) is 0.702. The first-order valence-corrected chi connectivity index (χ1v) is 5.96. The normalized spacial score (nSPS) is 12.0. The molecule has 0 aliphatic carbocycles. The summed E-state index contributed by atoms with van der Waals surface area (Å²) in [4.78, 5) is 11.0. The van der Waals surface area contributed by atoms with Gasteiger partial charge >= 0.3 is 5.97 Å². The molecule has 94 valence electrons. The fourth-order valence-electron chi connectivity index (χ4n) is 1.42. The van der Waals surface area contributed by atoms with Gasteiger partial charge in [0.25, 0.3) is 0 Å². The van der Waals surface area contributed by atoms with E-state index in [0.717, 1.165) is 4.47 Å². The van der Waals surface area contributed by atoms with Crippen LogP contribution in [0.1, 0.15) is 24.5 Å². The zero-order chi connectivity index (χ0) is 12.8. The van der Waals surface area contributed by atoms with Crippen molar-refractivity contribution in [3.63, 3.8) is 0 Å². The highest BCUT2D eigenvalue weighted by molar-refractivity contribution is 9.10. The molecule has 1 atom stereocenters. The van der Waals surface area contributed by atoms with Gasteiger partial charge in [-0.3, -0.25) is 4.79 Å². The number of aliphatic hydroxyl groups excluding tert-OH is 1. The Morgan fingerprint density at radius 3 is 2.76 bits per heavy atom. The molecule has 4 nitrogen and oxygen atoms in total. The molecule has 1 aromatic carbocycles. The first kappa shape index (κ1) is 14.0. The number of hydrogen-bond donors (Lipinski definition) is 1. The highest BCUT2D eigenvalue weighted by atomic mass is 79.9. The molecule has 0 saturated heterocycles. The van der Waals surface area contributed by atoms with Crippen LogP contribution in [0.25, 0.3) is 0 Å². The quantitative estimate of drug-likeness (QED) is 0.849. The molecular formula is C12H15BrO4. The molecule has 0 bridgehead atoms. The average Bonchev–Trinajstić information content (AvgIpc) is 2.36. The van der Waals surface area contributed by atoms with Gasteiger partial charge in [0, 0.05) is 10.9 Å². The summed E-state index contributed by atoms with van der Waals surface area (Å²) < 4.78 is 10.4. The number of halogens is 1. The molecule has 0 aliphatic rings. The van der Waals surface area contributed by atoms with Crippen molar-refractivity contribution in [2.24, 2.45) is 0 Å². The van der Waals surface area contributed by atoms with Crippen molar-refractivity contribution in [3.8, 4) is 5.75 Å². The van der Waals surface area contributed by atoms with Gasteiger partial charge in [-0.15, -0.1) is 0 Å². The van der Waals surface area contributed by atoms with E-state index in [0.29, 0.717) is 17.7 Å². The van der Waals surface area contributed by atoms with Crippen LogP contribution in [0.4, 0.5) is 0 Å². The van der Waals surface area contributed by atoms with Crippen LogP contribution in [0, 0.1) is 0 Å². The van der Waals surface area contributed by atoms with E-state index in [9.17, 15) is 9.90 Å². The predicted molar refractivity (Wildman–Crippen MR) is 66.9 cm³/mol. The maximum Gasteiger partial charge on any atom is 0.305 e.